The van der Waals surface area contributed by atoms with Crippen LogP contribution in [0.4, 0.5) is 0 Å². The molecule has 0 atom stereocenters. The lowest BCUT2D eigenvalue weighted by Crippen LogP contribution is -2.37. The van der Waals surface area contributed by atoms with Crippen molar-refractivity contribution in [2.45, 2.75) is 57.7 Å². The molecule has 0 aliphatic heterocycles. The van der Waals surface area contributed by atoms with E-state index in [0.717, 1.165) is 0 Å². The first-order valence-electron chi connectivity index (χ1n) is 52.5. The first-order chi connectivity index (χ1) is 73.0. The van der Waals surface area contributed by atoms with Crippen LogP contribution >= 0.6 is 0 Å². The van der Waals surface area contributed by atoms with Gasteiger partial charge in [0.1, 0.15) is 0 Å². The highest BCUT2D eigenvalue weighted by molar-refractivity contribution is 6.88. The fourth-order valence-corrected chi connectivity index (χ4v) is 25.4. The number of fused-ring (bicyclic) bond motifs is 12. The van der Waals surface area contributed by atoms with Gasteiger partial charge in [0.15, 0.2) is 0 Å². The Morgan fingerprint density at radius 3 is 0.926 bits per heavy atom. The monoisotopic (exact) mass is 1900 g/mol. The molecule has 0 N–H and O–H groups in total. The molecule has 1 saturated carbocycles. The van der Waals surface area contributed by atoms with E-state index >= 15 is 0 Å². The minimum absolute atomic E-state index is 0.702. The van der Waals surface area contributed by atoms with Crippen LogP contribution < -0.4 is 5.19 Å². The van der Waals surface area contributed by atoms with Gasteiger partial charge in [-0.25, -0.2) is 0 Å². The van der Waals surface area contributed by atoms with Crippen molar-refractivity contribution >= 4 is 143 Å². The van der Waals surface area contributed by atoms with Crippen molar-refractivity contribution in [1.29, 1.82) is 0 Å². The largest absolute Gasteiger partial charge is 0.0775 e. The van der Waals surface area contributed by atoms with Gasteiger partial charge in [-0.2, -0.15) is 0 Å². The van der Waals surface area contributed by atoms with Crippen LogP contribution in [0.2, 0.25) is 19.6 Å². The first kappa shape index (κ1) is 90.3. The summed E-state index contributed by atoms with van der Waals surface area (Å²) in [5.41, 5.74) is 31.7. The Morgan fingerprint density at radius 1 is 0.142 bits per heavy atom. The fraction of sp³-hybridized carbons (Fsp3) is 0.0612. The summed E-state index contributed by atoms with van der Waals surface area (Å²) in [6, 6.07) is 198. The summed E-state index contributed by atoms with van der Waals surface area (Å²) in [6.45, 7) is 7.20. The molecule has 0 unspecified atom stereocenters. The van der Waals surface area contributed by atoms with Crippen molar-refractivity contribution < 1.29 is 0 Å². The number of benzene rings is 27. The molecule has 0 bridgehead atoms. The average Bonchev–Trinajstić information content (AvgIpc) is 0.718. The molecule has 0 spiro atoms. The summed E-state index contributed by atoms with van der Waals surface area (Å²) in [5, 5.41) is 31.9. The predicted molar refractivity (Wildman–Crippen MR) is 643 cm³/mol. The van der Waals surface area contributed by atoms with Crippen molar-refractivity contribution in [3.8, 4) is 134 Å². The van der Waals surface area contributed by atoms with Crippen molar-refractivity contribution in [3.63, 3.8) is 0 Å². The minimum Gasteiger partial charge on any atom is -0.0656 e. The third kappa shape index (κ3) is 16.8. The topological polar surface area (TPSA) is 0 Å². The Balaban J connectivity index is 0.000000115. The molecule has 0 radical (unpaired) electrons. The van der Waals surface area contributed by atoms with Gasteiger partial charge in [0.25, 0.3) is 0 Å². The second-order valence-corrected chi connectivity index (χ2v) is 46.3. The summed E-state index contributed by atoms with van der Waals surface area (Å²) < 4.78 is 0. The Kier molecular flexibility index (Phi) is 23.6. The molecule has 0 nitrogen and oxygen atoms in total. The first-order valence-corrected chi connectivity index (χ1v) is 56.0. The highest BCUT2D eigenvalue weighted by Gasteiger charge is 2.27. The predicted octanol–water partition coefficient (Wildman–Crippen LogP) is 41.5. The number of hydrogen-bond donors (Lipinski definition) is 0. The summed E-state index contributed by atoms with van der Waals surface area (Å²) in [7, 11) is -1.32. The van der Waals surface area contributed by atoms with Crippen LogP contribution in [0.1, 0.15) is 43.6 Å². The molecule has 1 heteroatoms. The quantitative estimate of drug-likeness (QED) is 0.0752. The van der Waals surface area contributed by atoms with Crippen molar-refractivity contribution in [2.75, 3.05) is 0 Å². The van der Waals surface area contributed by atoms with Crippen LogP contribution in [0.3, 0.4) is 0 Å². The summed E-state index contributed by atoms with van der Waals surface area (Å²) >= 11 is 0. The Bertz CT molecular complexity index is 9790. The SMILES string of the molecule is C[Si](C)(C)c1ccc(-c2ccc(-c3c4ccccc4c(-c4ccccc4)c4cc(-c5ccccc5)ccc34)cc2)cc1.c1ccc(-c2ccc3cc(-c4ccc5c(-c6ccc(-c7cccc8ccccc78)c7ccccc67)c6ccccc6c(-c6ccc7ccccc7c6)c5c4)ccc3c2)cc1.c1ccc2c(-c3ccc4c(-c5ccc(C6CCCCC6)cc5)c5ccccc5c(-c5cccc6ccccc56)c4c3)cccc2c1. The van der Waals surface area contributed by atoms with Crippen LogP contribution in [0.25, 0.3) is 263 Å². The molecule has 27 aromatic rings. The molecular formula is C147H108Si. The maximum absolute atomic E-state index is 2.46. The maximum atomic E-state index is 2.46. The molecule has 1 fully saturated rings. The molecule has 0 aromatic heterocycles. The van der Waals surface area contributed by atoms with Gasteiger partial charge in [-0.1, -0.05) is 542 Å². The van der Waals surface area contributed by atoms with E-state index in [0.29, 0.717) is 5.92 Å². The van der Waals surface area contributed by atoms with Gasteiger partial charge in [0.2, 0.25) is 0 Å². The molecule has 0 saturated heterocycles. The molecule has 0 amide bonds. The average molecular weight is 1900 g/mol. The zero-order chi connectivity index (χ0) is 98.7. The standard InChI is InChI=1S/C60H38.C46H36.C41H34Si/c1-2-13-39(14-3-1)43-26-27-45-36-46(29-28-44(45)35-43)47-31-32-57-58(38-47)59(48-30-25-40-15-4-5-17-42(40)37-48)54-22-10-11-23-55(54)60(57)56-34-33-53(51-20-8-9-21-52(51)56)50-24-12-18-41-16-6-7-19-49(41)50;1-2-12-31(13-3-1)32-24-26-35(27-25-32)45-41-20-8-9-21-42(41)46(40-23-11-17-34-15-5-7-19-38(34)40)44-30-36(28-29-43(44)45)39-22-10-16-33-14-4-6-18-37(33)39;1-42(2,3)35-25-22-31(23-26-35)30-18-20-33(21-19-30)40-36-16-10-11-17-37(36)41(32-14-8-5-9-15-32)39-28-34(24-27-38(39)40)29-12-6-4-7-13-29/h1-38H;4-11,14-31H,1-3,12-13H2;4-28H,1-3H3. The van der Waals surface area contributed by atoms with E-state index < -0.39 is 8.07 Å². The molecule has 148 heavy (non-hydrogen) atoms. The fourth-order valence-electron chi connectivity index (χ4n) is 24.2. The van der Waals surface area contributed by atoms with Crippen molar-refractivity contribution in [2.24, 2.45) is 0 Å². The van der Waals surface area contributed by atoms with Gasteiger partial charge >= 0.3 is 0 Å². The van der Waals surface area contributed by atoms with Crippen LogP contribution in [-0.2, 0) is 0 Å². The van der Waals surface area contributed by atoms with Crippen molar-refractivity contribution in [1.82, 2.24) is 0 Å². The minimum atomic E-state index is -1.32. The zero-order valence-electron chi connectivity index (χ0n) is 83.4. The van der Waals surface area contributed by atoms with E-state index in [1.165, 1.54) is 306 Å². The highest BCUT2D eigenvalue weighted by atomic mass is 28.3. The summed E-state index contributed by atoms with van der Waals surface area (Å²) in [6.07, 6.45) is 6.74. The van der Waals surface area contributed by atoms with Gasteiger partial charge in [0, 0.05) is 0 Å². The Morgan fingerprint density at radius 2 is 0.405 bits per heavy atom. The molecule has 700 valence electrons. The van der Waals surface area contributed by atoms with Crippen LogP contribution in [0.5, 0.6) is 0 Å². The van der Waals surface area contributed by atoms with E-state index in [9.17, 15) is 0 Å². The van der Waals surface area contributed by atoms with E-state index in [-0.39, 0.29) is 0 Å². The summed E-state index contributed by atoms with van der Waals surface area (Å²) in [5.74, 6) is 0.702. The van der Waals surface area contributed by atoms with E-state index in [4.69, 9.17) is 0 Å². The lowest BCUT2D eigenvalue weighted by molar-refractivity contribution is 0.443. The normalized spacial score (nSPS) is 12.4. The lowest BCUT2D eigenvalue weighted by Gasteiger charge is -2.23. The summed E-state index contributed by atoms with van der Waals surface area (Å²) in [4.78, 5) is 0. The van der Waals surface area contributed by atoms with Gasteiger partial charge in [0.05, 0.1) is 8.07 Å². The van der Waals surface area contributed by atoms with Gasteiger partial charge in [-0.05, 0) is 324 Å². The van der Waals surface area contributed by atoms with Crippen LogP contribution in [-0.4, -0.2) is 8.07 Å². The third-order valence-electron chi connectivity index (χ3n) is 31.5. The number of rotatable bonds is 14. The van der Waals surface area contributed by atoms with Crippen molar-refractivity contribution in [3.05, 3.63) is 539 Å². The van der Waals surface area contributed by atoms with Gasteiger partial charge in [-0.15, -0.1) is 0 Å². The molecular weight excluding hydrogens is 1790 g/mol. The van der Waals surface area contributed by atoms with Crippen LogP contribution in [0.15, 0.2) is 534 Å². The molecule has 0 heterocycles. The van der Waals surface area contributed by atoms with E-state index in [2.05, 4.69) is 553 Å². The van der Waals surface area contributed by atoms with E-state index in [1.807, 2.05) is 0 Å². The zero-order valence-corrected chi connectivity index (χ0v) is 84.4. The molecule has 1 aliphatic rings. The Labute approximate surface area is 866 Å². The molecule has 28 rings (SSSR count). The second kappa shape index (κ2) is 38.8. The third-order valence-corrected chi connectivity index (χ3v) is 33.6. The lowest BCUT2D eigenvalue weighted by atomic mass is 9.82. The maximum Gasteiger partial charge on any atom is 0.0775 e. The molecule has 1 aliphatic carbocycles. The molecule has 27 aromatic carbocycles. The van der Waals surface area contributed by atoms with E-state index in [1.54, 1.807) is 0 Å². The van der Waals surface area contributed by atoms with Gasteiger partial charge in [-0.3, -0.25) is 0 Å². The smallest absolute Gasteiger partial charge is 0.0656 e. The van der Waals surface area contributed by atoms with Crippen LogP contribution in [0, 0.1) is 0 Å². The van der Waals surface area contributed by atoms with Gasteiger partial charge < -0.3 is 0 Å². The second-order valence-electron chi connectivity index (χ2n) is 41.3. The number of hydrogen-bond acceptors (Lipinski definition) is 0. The highest BCUT2D eigenvalue weighted by Crippen LogP contribution is 2.53. The Hall–Kier alpha value is -17.7.